The van der Waals surface area contributed by atoms with E-state index in [9.17, 15) is 5.11 Å². The van der Waals surface area contributed by atoms with Gasteiger partial charge in [-0.05, 0) is 67.6 Å². The van der Waals surface area contributed by atoms with Gasteiger partial charge in [0, 0.05) is 0 Å². The summed E-state index contributed by atoms with van der Waals surface area (Å²) in [6.07, 6.45) is 5.12. The lowest BCUT2D eigenvalue weighted by Crippen LogP contribution is -2.67. The van der Waals surface area contributed by atoms with Crippen LogP contribution >= 0.6 is 0 Å². The summed E-state index contributed by atoms with van der Waals surface area (Å²) in [5.41, 5.74) is -0.203. The molecule has 4 fully saturated rings. The minimum absolute atomic E-state index is 0.199. The zero-order chi connectivity index (χ0) is 11.7. The van der Waals surface area contributed by atoms with E-state index in [2.05, 4.69) is 27.7 Å². The van der Waals surface area contributed by atoms with Crippen LogP contribution in [0.5, 0.6) is 0 Å². The molecule has 16 heavy (non-hydrogen) atoms. The van der Waals surface area contributed by atoms with Crippen molar-refractivity contribution in [2.24, 2.45) is 35.0 Å². The standard InChI is InChI=1S/C15H26O/c1-9-5-6-14(3)13-10(2)7-11(8-12(9)13)15(14,4)16/h9-13,16H,5-8H2,1-4H3/t9?,10-,11?,12?,13?,14?,15?/m0/s1. The Hall–Kier alpha value is -0.0400. The van der Waals surface area contributed by atoms with Crippen molar-refractivity contribution in [3.05, 3.63) is 0 Å². The van der Waals surface area contributed by atoms with E-state index >= 15 is 0 Å². The third kappa shape index (κ3) is 1.06. The van der Waals surface area contributed by atoms with Crippen molar-refractivity contribution in [3.63, 3.8) is 0 Å². The molecular formula is C15H26O. The van der Waals surface area contributed by atoms with Crippen LogP contribution < -0.4 is 0 Å². The molecule has 0 saturated heterocycles. The van der Waals surface area contributed by atoms with E-state index in [-0.39, 0.29) is 5.41 Å². The summed E-state index contributed by atoms with van der Waals surface area (Å²) < 4.78 is 0. The number of hydrogen-bond donors (Lipinski definition) is 1. The Kier molecular flexibility index (Phi) is 2.11. The Morgan fingerprint density at radius 1 is 1.06 bits per heavy atom. The zero-order valence-electron chi connectivity index (χ0n) is 11.2. The first-order valence-corrected chi connectivity index (χ1v) is 7.10. The first kappa shape index (κ1) is 11.1. The van der Waals surface area contributed by atoms with Gasteiger partial charge in [-0.25, -0.2) is 0 Å². The van der Waals surface area contributed by atoms with Gasteiger partial charge in [0.2, 0.25) is 0 Å². The molecular weight excluding hydrogens is 196 g/mol. The maximum absolute atomic E-state index is 10.9. The normalized spacial score (nSPS) is 64.7. The van der Waals surface area contributed by atoms with Gasteiger partial charge in [-0.15, -0.1) is 0 Å². The van der Waals surface area contributed by atoms with E-state index in [4.69, 9.17) is 0 Å². The summed E-state index contributed by atoms with van der Waals surface area (Å²) in [6.45, 7) is 9.36. The van der Waals surface area contributed by atoms with E-state index in [1.807, 2.05) is 0 Å². The van der Waals surface area contributed by atoms with Gasteiger partial charge in [-0.1, -0.05) is 20.8 Å². The number of aliphatic hydroxyl groups is 1. The van der Waals surface area contributed by atoms with Crippen molar-refractivity contribution in [1.82, 2.24) is 0 Å². The average Bonchev–Trinajstić information content (AvgIpc) is 2.21. The molecule has 0 aliphatic heterocycles. The first-order chi connectivity index (χ1) is 7.38. The van der Waals surface area contributed by atoms with E-state index < -0.39 is 5.60 Å². The second kappa shape index (κ2) is 3.04. The highest BCUT2D eigenvalue weighted by atomic mass is 16.3. The van der Waals surface area contributed by atoms with E-state index in [1.54, 1.807) is 0 Å². The minimum Gasteiger partial charge on any atom is -0.389 e. The monoisotopic (exact) mass is 222 g/mol. The highest BCUT2D eigenvalue weighted by molar-refractivity contribution is 5.15. The smallest absolute Gasteiger partial charge is 0.0704 e. The Bertz CT molecular complexity index is 309. The molecule has 6 unspecified atom stereocenters. The van der Waals surface area contributed by atoms with Crippen molar-refractivity contribution in [2.75, 3.05) is 0 Å². The topological polar surface area (TPSA) is 20.2 Å². The van der Waals surface area contributed by atoms with Crippen LogP contribution in [0.3, 0.4) is 0 Å². The highest BCUT2D eigenvalue weighted by Gasteiger charge is 2.65. The van der Waals surface area contributed by atoms with Crippen LogP contribution in [0.1, 0.15) is 53.4 Å². The molecule has 4 aliphatic carbocycles. The molecule has 0 aromatic rings. The van der Waals surface area contributed by atoms with Gasteiger partial charge in [0.05, 0.1) is 5.60 Å². The SMILES string of the molecule is CC1CCC2(C)C3C1CC(C[C@@H]3C)C2(C)O. The summed E-state index contributed by atoms with van der Waals surface area (Å²) >= 11 is 0. The van der Waals surface area contributed by atoms with E-state index in [0.29, 0.717) is 5.92 Å². The fourth-order valence-corrected chi connectivity index (χ4v) is 5.70. The molecule has 0 radical (unpaired) electrons. The predicted molar refractivity (Wildman–Crippen MR) is 66.0 cm³/mol. The molecule has 0 spiro atoms. The maximum Gasteiger partial charge on any atom is 0.0704 e. The Morgan fingerprint density at radius 3 is 2.44 bits per heavy atom. The maximum atomic E-state index is 10.9. The van der Waals surface area contributed by atoms with Crippen LogP contribution in [0, 0.1) is 35.0 Å². The van der Waals surface area contributed by atoms with Gasteiger partial charge < -0.3 is 5.11 Å². The van der Waals surface area contributed by atoms with Crippen LogP contribution in [0.4, 0.5) is 0 Å². The molecule has 4 saturated carbocycles. The van der Waals surface area contributed by atoms with Crippen LogP contribution in [0.2, 0.25) is 0 Å². The Morgan fingerprint density at radius 2 is 1.75 bits per heavy atom. The summed E-state index contributed by atoms with van der Waals surface area (Å²) in [5.74, 6) is 3.95. The van der Waals surface area contributed by atoms with Gasteiger partial charge in [0.1, 0.15) is 0 Å². The lowest BCUT2D eigenvalue weighted by Gasteiger charge is -2.68. The molecule has 7 atom stereocenters. The molecule has 0 aromatic carbocycles. The quantitative estimate of drug-likeness (QED) is 0.665. The Labute approximate surface area is 99.6 Å². The zero-order valence-corrected chi connectivity index (χ0v) is 11.2. The van der Waals surface area contributed by atoms with Crippen LogP contribution in [0.25, 0.3) is 0 Å². The van der Waals surface area contributed by atoms with Gasteiger partial charge in [-0.3, -0.25) is 0 Å². The van der Waals surface area contributed by atoms with Gasteiger partial charge in [0.15, 0.2) is 0 Å². The molecule has 0 amide bonds. The van der Waals surface area contributed by atoms with Crippen molar-refractivity contribution < 1.29 is 5.11 Å². The van der Waals surface area contributed by atoms with Crippen molar-refractivity contribution >= 4 is 0 Å². The lowest BCUT2D eigenvalue weighted by molar-refractivity contribution is -0.255. The minimum atomic E-state index is -0.402. The second-order valence-electron chi connectivity index (χ2n) is 7.42. The predicted octanol–water partition coefficient (Wildman–Crippen LogP) is 3.47. The Balaban J connectivity index is 2.07. The van der Waals surface area contributed by atoms with E-state index in [1.165, 1.54) is 25.7 Å². The molecule has 92 valence electrons. The third-order valence-electron chi connectivity index (χ3n) is 6.82. The third-order valence-corrected chi connectivity index (χ3v) is 6.82. The van der Waals surface area contributed by atoms with Crippen molar-refractivity contribution in [2.45, 2.75) is 59.0 Å². The number of hydrogen-bond acceptors (Lipinski definition) is 1. The van der Waals surface area contributed by atoms with Crippen molar-refractivity contribution in [1.29, 1.82) is 0 Å². The summed E-state index contributed by atoms with van der Waals surface area (Å²) in [6, 6.07) is 0. The number of fused-ring (bicyclic) bond motifs is 1. The van der Waals surface area contributed by atoms with E-state index in [0.717, 1.165) is 23.7 Å². The summed E-state index contributed by atoms with van der Waals surface area (Å²) in [5, 5.41) is 10.9. The average molecular weight is 222 g/mol. The van der Waals surface area contributed by atoms with Crippen LogP contribution in [-0.2, 0) is 0 Å². The lowest BCUT2D eigenvalue weighted by atomic mass is 9.38. The molecule has 0 heterocycles. The fraction of sp³-hybridized carbons (Fsp3) is 1.00. The highest BCUT2D eigenvalue weighted by Crippen LogP contribution is 2.68. The second-order valence-corrected chi connectivity index (χ2v) is 7.42. The molecule has 4 bridgehead atoms. The summed E-state index contributed by atoms with van der Waals surface area (Å²) in [7, 11) is 0. The molecule has 4 rings (SSSR count). The van der Waals surface area contributed by atoms with Gasteiger partial charge in [0.25, 0.3) is 0 Å². The molecule has 1 N–H and O–H groups in total. The molecule has 4 aliphatic rings. The van der Waals surface area contributed by atoms with Gasteiger partial charge >= 0.3 is 0 Å². The molecule has 1 nitrogen and oxygen atoms in total. The van der Waals surface area contributed by atoms with Crippen molar-refractivity contribution in [3.8, 4) is 0 Å². The first-order valence-electron chi connectivity index (χ1n) is 7.10. The molecule has 0 aromatic heterocycles. The largest absolute Gasteiger partial charge is 0.389 e. The van der Waals surface area contributed by atoms with Crippen LogP contribution in [-0.4, -0.2) is 10.7 Å². The summed E-state index contributed by atoms with van der Waals surface area (Å²) in [4.78, 5) is 0. The molecule has 1 heteroatoms. The number of rotatable bonds is 0. The van der Waals surface area contributed by atoms with Gasteiger partial charge in [-0.2, -0.15) is 0 Å². The fourth-order valence-electron chi connectivity index (χ4n) is 5.70. The van der Waals surface area contributed by atoms with Crippen LogP contribution in [0.15, 0.2) is 0 Å².